The van der Waals surface area contributed by atoms with Crippen LogP contribution in [0.5, 0.6) is 5.75 Å². The van der Waals surface area contributed by atoms with Crippen LogP contribution >= 0.6 is 11.6 Å². The Morgan fingerprint density at radius 3 is 2.78 bits per heavy atom. The highest BCUT2D eigenvalue weighted by molar-refractivity contribution is 6.32. The van der Waals surface area contributed by atoms with Gasteiger partial charge < -0.3 is 4.74 Å². The van der Waals surface area contributed by atoms with Crippen LogP contribution in [0, 0.1) is 0 Å². The first-order valence-corrected chi connectivity index (χ1v) is 6.23. The van der Waals surface area contributed by atoms with E-state index >= 15 is 0 Å². The zero-order valence-corrected chi connectivity index (χ0v) is 10.8. The third-order valence-corrected chi connectivity index (χ3v) is 3.14. The van der Waals surface area contributed by atoms with Crippen LogP contribution in [-0.4, -0.2) is 29.4 Å². The third kappa shape index (κ3) is 2.64. The molecule has 1 aliphatic heterocycles. The highest BCUT2D eigenvalue weighted by Gasteiger charge is 2.30. The molecule has 1 aliphatic rings. The van der Waals surface area contributed by atoms with Gasteiger partial charge in [0.2, 0.25) is 5.91 Å². The molecular formula is C13H14ClNO3. The van der Waals surface area contributed by atoms with Gasteiger partial charge in [-0.1, -0.05) is 23.7 Å². The molecule has 2 amide bonds. The maximum absolute atomic E-state index is 12.0. The van der Waals surface area contributed by atoms with Gasteiger partial charge in [0.1, 0.15) is 5.75 Å². The monoisotopic (exact) mass is 267 g/mol. The molecule has 1 heterocycles. The Bertz CT molecular complexity index is 475. The molecular weight excluding hydrogens is 254 g/mol. The largest absolute Gasteiger partial charge is 0.479 e. The van der Waals surface area contributed by atoms with E-state index in [4.69, 9.17) is 16.3 Å². The first kappa shape index (κ1) is 12.9. The number of hydrogen-bond acceptors (Lipinski definition) is 3. The van der Waals surface area contributed by atoms with Crippen LogP contribution in [0.1, 0.15) is 19.8 Å². The van der Waals surface area contributed by atoms with Crippen molar-refractivity contribution in [2.45, 2.75) is 25.9 Å². The second kappa shape index (κ2) is 5.40. The average molecular weight is 268 g/mol. The van der Waals surface area contributed by atoms with E-state index in [1.165, 1.54) is 4.90 Å². The van der Waals surface area contributed by atoms with Crippen molar-refractivity contribution in [3.05, 3.63) is 29.3 Å². The molecule has 1 fully saturated rings. The number of carbonyl (C=O) groups is 2. The molecule has 0 saturated carbocycles. The molecule has 0 spiro atoms. The Labute approximate surface area is 110 Å². The number of hydrogen-bond donors (Lipinski definition) is 0. The molecule has 1 aromatic carbocycles. The number of carbonyl (C=O) groups excluding carboxylic acids is 2. The fourth-order valence-corrected chi connectivity index (χ4v) is 2.06. The molecule has 1 aromatic rings. The molecule has 18 heavy (non-hydrogen) atoms. The van der Waals surface area contributed by atoms with Crippen molar-refractivity contribution in [3.63, 3.8) is 0 Å². The number of amides is 2. The van der Waals surface area contributed by atoms with Gasteiger partial charge in [0.05, 0.1) is 5.02 Å². The van der Waals surface area contributed by atoms with Crippen molar-refractivity contribution in [3.8, 4) is 5.75 Å². The lowest BCUT2D eigenvalue weighted by molar-refractivity contribution is -0.146. The Balaban J connectivity index is 2.04. The third-order valence-electron chi connectivity index (χ3n) is 2.83. The van der Waals surface area contributed by atoms with Gasteiger partial charge in [-0.25, -0.2) is 0 Å². The Morgan fingerprint density at radius 1 is 1.44 bits per heavy atom. The number of nitrogens with zero attached hydrogens (tertiary/aromatic N) is 1. The summed E-state index contributed by atoms with van der Waals surface area (Å²) < 4.78 is 5.49. The number of para-hydroxylation sites is 1. The Hall–Kier alpha value is -1.55. The SMILES string of the molecule is C[C@H](Oc1ccccc1Cl)C(=O)N1CCCC1=O. The molecule has 0 aliphatic carbocycles. The van der Waals surface area contributed by atoms with Gasteiger partial charge in [-0.2, -0.15) is 0 Å². The predicted molar refractivity (Wildman–Crippen MR) is 67.5 cm³/mol. The van der Waals surface area contributed by atoms with Crippen LogP contribution < -0.4 is 4.74 Å². The van der Waals surface area contributed by atoms with Gasteiger partial charge in [-0.05, 0) is 25.5 Å². The maximum Gasteiger partial charge on any atom is 0.269 e. The summed E-state index contributed by atoms with van der Waals surface area (Å²) in [7, 11) is 0. The number of ether oxygens (including phenoxy) is 1. The van der Waals surface area contributed by atoms with Crippen LogP contribution in [0.4, 0.5) is 0 Å². The second-order valence-corrected chi connectivity index (χ2v) is 4.58. The average Bonchev–Trinajstić information content (AvgIpc) is 2.77. The quantitative estimate of drug-likeness (QED) is 0.844. The van der Waals surface area contributed by atoms with Gasteiger partial charge in [0, 0.05) is 13.0 Å². The highest BCUT2D eigenvalue weighted by Crippen LogP contribution is 2.25. The Kier molecular flexibility index (Phi) is 3.87. The second-order valence-electron chi connectivity index (χ2n) is 4.18. The van der Waals surface area contributed by atoms with Crippen molar-refractivity contribution < 1.29 is 14.3 Å². The lowest BCUT2D eigenvalue weighted by Crippen LogP contribution is -2.41. The van der Waals surface area contributed by atoms with Gasteiger partial charge in [-0.3, -0.25) is 14.5 Å². The molecule has 96 valence electrons. The van der Waals surface area contributed by atoms with E-state index in [1.54, 1.807) is 31.2 Å². The summed E-state index contributed by atoms with van der Waals surface area (Å²) in [6.45, 7) is 2.10. The molecule has 0 bridgehead atoms. The molecule has 1 saturated heterocycles. The van der Waals surface area contributed by atoms with Crippen LogP contribution in [0.3, 0.4) is 0 Å². The van der Waals surface area contributed by atoms with Crippen LogP contribution in [0.25, 0.3) is 0 Å². The van der Waals surface area contributed by atoms with E-state index in [9.17, 15) is 9.59 Å². The number of benzene rings is 1. The van der Waals surface area contributed by atoms with E-state index in [-0.39, 0.29) is 11.8 Å². The van der Waals surface area contributed by atoms with Gasteiger partial charge in [0.25, 0.3) is 5.91 Å². The van der Waals surface area contributed by atoms with Crippen molar-refractivity contribution in [1.82, 2.24) is 4.90 Å². The van der Waals surface area contributed by atoms with Crippen LogP contribution in [-0.2, 0) is 9.59 Å². The summed E-state index contributed by atoms with van der Waals surface area (Å²) in [6.07, 6.45) is 0.445. The normalized spacial score (nSPS) is 16.8. The number of halogens is 1. The zero-order chi connectivity index (χ0) is 13.1. The lowest BCUT2D eigenvalue weighted by atomic mass is 10.3. The topological polar surface area (TPSA) is 46.6 Å². The van der Waals surface area contributed by atoms with Crippen LogP contribution in [0.2, 0.25) is 5.02 Å². The smallest absolute Gasteiger partial charge is 0.269 e. The first-order valence-electron chi connectivity index (χ1n) is 5.85. The summed E-state index contributed by atoms with van der Waals surface area (Å²) in [4.78, 5) is 24.7. The highest BCUT2D eigenvalue weighted by atomic mass is 35.5. The predicted octanol–water partition coefficient (Wildman–Crippen LogP) is 2.26. The molecule has 0 N–H and O–H groups in total. The molecule has 5 heteroatoms. The van der Waals surface area contributed by atoms with E-state index in [0.717, 1.165) is 6.42 Å². The fraction of sp³-hybridized carbons (Fsp3) is 0.385. The minimum absolute atomic E-state index is 0.130. The molecule has 2 rings (SSSR count). The van der Waals surface area contributed by atoms with Gasteiger partial charge in [0.15, 0.2) is 6.10 Å². The minimum atomic E-state index is -0.716. The lowest BCUT2D eigenvalue weighted by Gasteiger charge is -2.20. The molecule has 1 atom stereocenters. The first-order chi connectivity index (χ1) is 8.59. The van der Waals surface area contributed by atoms with E-state index in [2.05, 4.69) is 0 Å². The number of imide groups is 1. The van der Waals surface area contributed by atoms with E-state index < -0.39 is 6.10 Å². The van der Waals surface area contributed by atoms with E-state index in [0.29, 0.717) is 23.7 Å². The van der Waals surface area contributed by atoms with Crippen molar-refractivity contribution in [2.24, 2.45) is 0 Å². The van der Waals surface area contributed by atoms with Crippen molar-refractivity contribution in [2.75, 3.05) is 6.54 Å². The molecule has 4 nitrogen and oxygen atoms in total. The van der Waals surface area contributed by atoms with Gasteiger partial charge >= 0.3 is 0 Å². The molecule has 0 unspecified atom stereocenters. The van der Waals surface area contributed by atoms with Crippen molar-refractivity contribution >= 4 is 23.4 Å². The van der Waals surface area contributed by atoms with Crippen molar-refractivity contribution in [1.29, 1.82) is 0 Å². The summed E-state index contributed by atoms with van der Waals surface area (Å²) in [5.41, 5.74) is 0. The molecule has 0 aromatic heterocycles. The zero-order valence-electron chi connectivity index (χ0n) is 10.1. The summed E-state index contributed by atoms with van der Waals surface area (Å²) in [5.74, 6) is 0.0127. The summed E-state index contributed by atoms with van der Waals surface area (Å²) >= 11 is 5.94. The minimum Gasteiger partial charge on any atom is -0.479 e. The van der Waals surface area contributed by atoms with Crippen LogP contribution in [0.15, 0.2) is 24.3 Å². The summed E-state index contributed by atoms with van der Waals surface area (Å²) in [6, 6.07) is 6.94. The maximum atomic E-state index is 12.0. The number of likely N-dealkylation sites (tertiary alicyclic amines) is 1. The van der Waals surface area contributed by atoms with Gasteiger partial charge in [-0.15, -0.1) is 0 Å². The molecule has 0 radical (unpaired) electrons. The summed E-state index contributed by atoms with van der Waals surface area (Å²) in [5, 5.41) is 0.449. The Morgan fingerprint density at radius 2 is 2.17 bits per heavy atom. The van der Waals surface area contributed by atoms with E-state index in [1.807, 2.05) is 0 Å². The number of rotatable bonds is 3. The standard InChI is InChI=1S/C13H14ClNO3/c1-9(13(17)15-8-4-7-12(15)16)18-11-6-3-2-5-10(11)14/h2-3,5-6,9H,4,7-8H2,1H3/t9-/m0/s1. The fourth-order valence-electron chi connectivity index (χ4n) is 1.88.